The molecule has 7 heteroatoms. The summed E-state index contributed by atoms with van der Waals surface area (Å²) in [5.41, 5.74) is 0.374. The first kappa shape index (κ1) is 18.0. The number of hydroxylamine groups is 2. The molecule has 0 saturated heterocycles. The number of rotatable bonds is 2. The summed E-state index contributed by atoms with van der Waals surface area (Å²) in [6, 6.07) is 6.16. The third-order valence-electron chi connectivity index (χ3n) is 3.56. The van der Waals surface area contributed by atoms with Crippen molar-refractivity contribution in [3.63, 3.8) is 0 Å². The molecule has 1 aromatic rings. The fourth-order valence-corrected chi connectivity index (χ4v) is 2.21. The van der Waals surface area contributed by atoms with Gasteiger partial charge in [0.15, 0.2) is 0 Å². The van der Waals surface area contributed by atoms with Crippen molar-refractivity contribution in [3.8, 4) is 5.75 Å². The smallest absolute Gasteiger partial charge is 0.268 e. The van der Waals surface area contributed by atoms with Gasteiger partial charge < -0.3 is 14.8 Å². The Bertz CT molecular complexity index is 602. The van der Waals surface area contributed by atoms with Crippen LogP contribution in [0.2, 0.25) is 0 Å². The molecule has 0 fully saturated rings. The molecular formula is C17H22N2O5. The van der Waals surface area contributed by atoms with E-state index in [0.29, 0.717) is 37.6 Å². The Morgan fingerprint density at radius 3 is 2.88 bits per heavy atom. The summed E-state index contributed by atoms with van der Waals surface area (Å²) in [5, 5.41) is 3.84. The highest BCUT2D eigenvalue weighted by Crippen LogP contribution is 2.18. The quantitative estimate of drug-likeness (QED) is 0.649. The lowest BCUT2D eigenvalue weighted by molar-refractivity contribution is -0.170. The van der Waals surface area contributed by atoms with Crippen molar-refractivity contribution >= 4 is 11.8 Å². The van der Waals surface area contributed by atoms with Crippen LogP contribution in [0.15, 0.2) is 36.4 Å². The number of ether oxygens (including phenoxy) is 2. The van der Waals surface area contributed by atoms with Crippen LogP contribution in [0, 0.1) is 0 Å². The highest BCUT2D eigenvalue weighted by atomic mass is 16.7. The number of carbonyl (C=O) groups excluding carboxylic acids is 2. The SMILES string of the molecule is CON(C)C(=O)C1C/C=C\COCCOc2ccccc2C(=O)N1. The summed E-state index contributed by atoms with van der Waals surface area (Å²) >= 11 is 0. The Labute approximate surface area is 141 Å². The molecule has 1 aliphatic rings. The van der Waals surface area contributed by atoms with Gasteiger partial charge in [-0.1, -0.05) is 24.3 Å². The standard InChI is InChI=1S/C17H22N2O5/c1-19(22-2)17(21)14-8-5-6-10-23-11-12-24-15-9-4-3-7-13(15)16(20)18-14/h3-7,9,14H,8,10-12H2,1-2H3,(H,18,20)/b6-5-. The van der Waals surface area contributed by atoms with Gasteiger partial charge in [-0.3, -0.25) is 14.4 Å². The van der Waals surface area contributed by atoms with E-state index in [9.17, 15) is 9.59 Å². The number of hydrogen-bond acceptors (Lipinski definition) is 5. The molecule has 2 amide bonds. The second-order valence-corrected chi connectivity index (χ2v) is 5.17. The van der Waals surface area contributed by atoms with Gasteiger partial charge in [0.25, 0.3) is 11.8 Å². The zero-order chi connectivity index (χ0) is 17.4. The molecule has 1 aromatic carbocycles. The van der Waals surface area contributed by atoms with E-state index in [1.165, 1.54) is 14.2 Å². The van der Waals surface area contributed by atoms with Gasteiger partial charge in [0.1, 0.15) is 18.4 Å². The number of para-hydroxylation sites is 1. The van der Waals surface area contributed by atoms with Gasteiger partial charge >= 0.3 is 0 Å². The normalized spacial score (nSPS) is 20.2. The maximum absolute atomic E-state index is 12.6. The largest absolute Gasteiger partial charge is 0.490 e. The summed E-state index contributed by atoms with van der Waals surface area (Å²) in [4.78, 5) is 29.9. The number of carbonyl (C=O) groups is 2. The van der Waals surface area contributed by atoms with Crippen LogP contribution >= 0.6 is 0 Å². The van der Waals surface area contributed by atoms with Crippen LogP contribution < -0.4 is 10.1 Å². The van der Waals surface area contributed by atoms with E-state index >= 15 is 0 Å². The Morgan fingerprint density at radius 2 is 2.08 bits per heavy atom. The van der Waals surface area contributed by atoms with Gasteiger partial charge in [0.2, 0.25) is 0 Å². The average molecular weight is 334 g/mol. The van der Waals surface area contributed by atoms with Gasteiger partial charge in [-0.15, -0.1) is 0 Å². The zero-order valence-corrected chi connectivity index (χ0v) is 13.9. The van der Waals surface area contributed by atoms with Crippen molar-refractivity contribution in [2.45, 2.75) is 12.5 Å². The molecule has 0 radical (unpaired) electrons. The zero-order valence-electron chi connectivity index (χ0n) is 13.9. The molecule has 130 valence electrons. The van der Waals surface area contributed by atoms with E-state index in [1.54, 1.807) is 30.3 Å². The number of nitrogens with one attached hydrogen (secondary N) is 1. The molecule has 1 aliphatic heterocycles. The van der Waals surface area contributed by atoms with Crippen molar-refractivity contribution < 1.29 is 23.9 Å². The summed E-state index contributed by atoms with van der Waals surface area (Å²) < 4.78 is 11.0. The minimum absolute atomic E-state index is 0.338. The van der Waals surface area contributed by atoms with Crippen LogP contribution in [-0.4, -0.2) is 56.9 Å². The molecule has 1 heterocycles. The molecule has 0 spiro atoms. The second kappa shape index (κ2) is 9.05. The lowest BCUT2D eigenvalue weighted by Gasteiger charge is -2.22. The number of nitrogens with zero attached hydrogens (tertiary/aromatic N) is 1. The van der Waals surface area contributed by atoms with Gasteiger partial charge in [0, 0.05) is 7.05 Å². The van der Waals surface area contributed by atoms with Gasteiger partial charge in [-0.25, -0.2) is 5.06 Å². The van der Waals surface area contributed by atoms with E-state index < -0.39 is 6.04 Å². The first-order valence-corrected chi connectivity index (χ1v) is 7.70. The van der Waals surface area contributed by atoms with Gasteiger partial charge in [0.05, 0.1) is 25.9 Å². The van der Waals surface area contributed by atoms with Crippen LogP contribution in [-0.2, 0) is 14.4 Å². The first-order valence-electron chi connectivity index (χ1n) is 7.70. The molecule has 24 heavy (non-hydrogen) atoms. The van der Waals surface area contributed by atoms with Crippen molar-refractivity contribution in [3.05, 3.63) is 42.0 Å². The maximum Gasteiger partial charge on any atom is 0.268 e. The highest BCUT2D eigenvalue weighted by molar-refractivity contribution is 5.99. The number of fused-ring (bicyclic) bond motifs is 1. The number of benzene rings is 1. The molecule has 2 rings (SSSR count). The predicted molar refractivity (Wildman–Crippen MR) is 87.5 cm³/mol. The minimum Gasteiger partial charge on any atom is -0.490 e. The van der Waals surface area contributed by atoms with Crippen LogP contribution in [0.1, 0.15) is 16.8 Å². The first-order chi connectivity index (χ1) is 11.6. The predicted octanol–water partition coefficient (Wildman–Crippen LogP) is 1.16. The molecule has 0 aromatic heterocycles. The van der Waals surface area contributed by atoms with Crippen LogP contribution in [0.4, 0.5) is 0 Å². The van der Waals surface area contributed by atoms with Crippen molar-refractivity contribution in [2.75, 3.05) is 34.0 Å². The Balaban J connectivity index is 2.25. The number of amides is 2. The number of hydrogen-bond donors (Lipinski definition) is 1. The summed E-state index contributed by atoms with van der Waals surface area (Å²) in [5.74, 6) is -0.260. The van der Waals surface area contributed by atoms with E-state index in [4.69, 9.17) is 14.3 Å². The Morgan fingerprint density at radius 1 is 1.29 bits per heavy atom. The van der Waals surface area contributed by atoms with Crippen LogP contribution in [0.5, 0.6) is 5.75 Å². The van der Waals surface area contributed by atoms with Crippen molar-refractivity contribution in [1.29, 1.82) is 0 Å². The third-order valence-corrected chi connectivity index (χ3v) is 3.56. The van der Waals surface area contributed by atoms with Crippen LogP contribution in [0.25, 0.3) is 0 Å². The van der Waals surface area contributed by atoms with Crippen LogP contribution in [0.3, 0.4) is 0 Å². The highest BCUT2D eigenvalue weighted by Gasteiger charge is 2.25. The average Bonchev–Trinajstić information content (AvgIpc) is 2.62. The van der Waals surface area contributed by atoms with E-state index in [-0.39, 0.29) is 11.8 Å². The monoisotopic (exact) mass is 334 g/mol. The molecule has 1 N–H and O–H groups in total. The molecular weight excluding hydrogens is 312 g/mol. The third kappa shape index (κ3) is 4.81. The van der Waals surface area contributed by atoms with E-state index in [2.05, 4.69) is 5.32 Å². The minimum atomic E-state index is -0.743. The number of likely N-dealkylation sites (N-methyl/N-ethyl adjacent to an activating group) is 1. The van der Waals surface area contributed by atoms with Crippen molar-refractivity contribution in [2.24, 2.45) is 0 Å². The lowest BCUT2D eigenvalue weighted by Crippen LogP contribution is -2.46. The topological polar surface area (TPSA) is 77.1 Å². The molecule has 0 aliphatic carbocycles. The van der Waals surface area contributed by atoms with E-state index in [1.807, 2.05) is 6.08 Å². The van der Waals surface area contributed by atoms with E-state index in [0.717, 1.165) is 5.06 Å². The summed E-state index contributed by atoms with van der Waals surface area (Å²) in [6.07, 6.45) is 3.95. The molecule has 1 atom stereocenters. The maximum atomic E-state index is 12.6. The Hall–Kier alpha value is -2.38. The van der Waals surface area contributed by atoms with Gasteiger partial charge in [-0.05, 0) is 18.6 Å². The fraction of sp³-hybridized carbons (Fsp3) is 0.412. The Kier molecular flexibility index (Phi) is 6.77. The van der Waals surface area contributed by atoms with Gasteiger partial charge in [-0.2, -0.15) is 0 Å². The molecule has 1 unspecified atom stereocenters. The fourth-order valence-electron chi connectivity index (χ4n) is 2.21. The molecule has 7 nitrogen and oxygen atoms in total. The second-order valence-electron chi connectivity index (χ2n) is 5.17. The molecule has 0 saturated carbocycles. The summed E-state index contributed by atoms with van der Waals surface area (Å²) in [7, 11) is 2.89. The summed E-state index contributed by atoms with van der Waals surface area (Å²) in [6.45, 7) is 1.17. The molecule has 0 bridgehead atoms. The van der Waals surface area contributed by atoms with Crippen molar-refractivity contribution in [1.82, 2.24) is 10.4 Å². The lowest BCUT2D eigenvalue weighted by atomic mass is 10.1.